The van der Waals surface area contributed by atoms with E-state index in [-0.39, 0.29) is 11.3 Å². The average Bonchev–Trinajstić information content (AvgIpc) is 2.75. The van der Waals surface area contributed by atoms with Gasteiger partial charge in [0.2, 0.25) is 0 Å². The molecule has 0 aromatic heterocycles. The summed E-state index contributed by atoms with van der Waals surface area (Å²) in [5.41, 5.74) is 0.105. The summed E-state index contributed by atoms with van der Waals surface area (Å²) >= 11 is 1.00. The monoisotopic (exact) mass is 428 g/mol. The quantitative estimate of drug-likeness (QED) is 0.413. The molecule has 154 valence electrons. The van der Waals surface area contributed by atoms with Crippen LogP contribution in [0.1, 0.15) is 10.4 Å². The van der Waals surface area contributed by atoms with E-state index in [1.807, 2.05) is 0 Å². The third-order valence-corrected chi connectivity index (χ3v) is 5.26. The molecule has 0 atom stereocenters. The molecule has 0 aliphatic carbocycles. The summed E-state index contributed by atoms with van der Waals surface area (Å²) < 4.78 is 24.5. The van der Waals surface area contributed by atoms with Gasteiger partial charge in [-0.25, -0.2) is 4.39 Å². The van der Waals surface area contributed by atoms with Crippen LogP contribution in [-0.4, -0.2) is 25.1 Å². The first-order chi connectivity index (χ1) is 14.4. The molecule has 0 aliphatic heterocycles. The van der Waals surface area contributed by atoms with Crippen LogP contribution in [-0.2, 0) is 0 Å². The van der Waals surface area contributed by atoms with Gasteiger partial charge in [-0.1, -0.05) is 23.9 Å². The molecule has 30 heavy (non-hydrogen) atoms. The van der Waals surface area contributed by atoms with Crippen LogP contribution in [0.5, 0.6) is 11.5 Å². The van der Waals surface area contributed by atoms with Gasteiger partial charge in [0, 0.05) is 28.0 Å². The lowest BCUT2D eigenvalue weighted by Crippen LogP contribution is -2.14. The van der Waals surface area contributed by atoms with Gasteiger partial charge in [0.05, 0.1) is 30.4 Å². The number of rotatable bonds is 7. The number of nitro groups is 1. The number of nitro benzene ring substituents is 1. The SMILES string of the molecule is COc1ccc(OC)c(NC(=O)c2cc([N+](=O)[O-])ccc2Sc2ccccc2F)c1. The van der Waals surface area contributed by atoms with Crippen LogP contribution in [0.3, 0.4) is 0 Å². The van der Waals surface area contributed by atoms with E-state index in [1.165, 1.54) is 32.4 Å². The molecule has 3 aromatic rings. The third-order valence-electron chi connectivity index (χ3n) is 4.13. The minimum Gasteiger partial charge on any atom is -0.497 e. The molecule has 7 nitrogen and oxygen atoms in total. The molecule has 3 aromatic carbocycles. The van der Waals surface area contributed by atoms with Crippen molar-refractivity contribution in [3.8, 4) is 11.5 Å². The first-order valence-electron chi connectivity index (χ1n) is 8.67. The molecule has 1 amide bonds. The number of anilines is 1. The molecule has 0 saturated heterocycles. The first-order valence-corrected chi connectivity index (χ1v) is 9.48. The van der Waals surface area contributed by atoms with Gasteiger partial charge in [0.15, 0.2) is 0 Å². The van der Waals surface area contributed by atoms with Gasteiger partial charge in [-0.2, -0.15) is 0 Å². The lowest BCUT2D eigenvalue weighted by Gasteiger charge is -2.14. The normalized spacial score (nSPS) is 10.4. The zero-order valence-electron chi connectivity index (χ0n) is 16.0. The van der Waals surface area contributed by atoms with Gasteiger partial charge in [-0.3, -0.25) is 14.9 Å². The van der Waals surface area contributed by atoms with Crippen molar-refractivity contribution < 1.29 is 23.6 Å². The summed E-state index contributed by atoms with van der Waals surface area (Å²) in [6.07, 6.45) is 0. The molecule has 0 aliphatic rings. The van der Waals surface area contributed by atoms with Crippen molar-refractivity contribution in [2.24, 2.45) is 0 Å². The molecule has 1 N–H and O–H groups in total. The van der Waals surface area contributed by atoms with Gasteiger partial charge < -0.3 is 14.8 Å². The highest BCUT2D eigenvalue weighted by atomic mass is 32.2. The Kier molecular flexibility index (Phi) is 6.53. The Labute approximate surface area is 176 Å². The number of halogens is 1. The fourth-order valence-corrected chi connectivity index (χ4v) is 3.59. The Morgan fingerprint density at radius 3 is 2.47 bits per heavy atom. The summed E-state index contributed by atoms with van der Waals surface area (Å²) in [5.74, 6) is -0.185. The van der Waals surface area contributed by atoms with E-state index in [4.69, 9.17) is 9.47 Å². The summed E-state index contributed by atoms with van der Waals surface area (Å²) in [6.45, 7) is 0. The Morgan fingerprint density at radius 1 is 1.03 bits per heavy atom. The number of ether oxygens (including phenoxy) is 2. The number of nitrogens with zero attached hydrogens (tertiary/aromatic N) is 1. The van der Waals surface area contributed by atoms with Crippen molar-refractivity contribution in [2.45, 2.75) is 9.79 Å². The molecule has 0 fully saturated rings. The summed E-state index contributed by atoms with van der Waals surface area (Å²) in [6, 6.07) is 14.8. The number of methoxy groups -OCH3 is 2. The van der Waals surface area contributed by atoms with E-state index >= 15 is 0 Å². The van der Waals surface area contributed by atoms with Gasteiger partial charge in [-0.15, -0.1) is 0 Å². The van der Waals surface area contributed by atoms with Crippen LogP contribution in [0, 0.1) is 15.9 Å². The van der Waals surface area contributed by atoms with Crippen molar-refractivity contribution >= 4 is 29.0 Å². The molecular formula is C21H17FN2O5S. The van der Waals surface area contributed by atoms with Gasteiger partial charge in [0.25, 0.3) is 11.6 Å². The summed E-state index contributed by atoms with van der Waals surface area (Å²) in [7, 11) is 2.93. The highest BCUT2D eigenvalue weighted by molar-refractivity contribution is 7.99. The molecule has 0 heterocycles. The van der Waals surface area contributed by atoms with Crippen LogP contribution in [0.4, 0.5) is 15.8 Å². The smallest absolute Gasteiger partial charge is 0.270 e. The number of nitrogens with one attached hydrogen (secondary N) is 1. The zero-order valence-corrected chi connectivity index (χ0v) is 16.9. The van der Waals surface area contributed by atoms with Crippen molar-refractivity contribution in [2.75, 3.05) is 19.5 Å². The molecule has 3 rings (SSSR count). The highest BCUT2D eigenvalue weighted by Crippen LogP contribution is 2.35. The zero-order chi connectivity index (χ0) is 21.7. The van der Waals surface area contributed by atoms with Gasteiger partial charge in [-0.05, 0) is 30.3 Å². The third kappa shape index (κ3) is 4.69. The van der Waals surface area contributed by atoms with E-state index in [0.29, 0.717) is 27.0 Å². The number of carbonyl (C=O) groups excluding carboxylic acids is 1. The largest absolute Gasteiger partial charge is 0.497 e. The lowest BCUT2D eigenvalue weighted by molar-refractivity contribution is -0.384. The van der Waals surface area contributed by atoms with Gasteiger partial charge >= 0.3 is 0 Å². The number of hydrogen-bond acceptors (Lipinski definition) is 6. The van der Waals surface area contributed by atoms with E-state index in [0.717, 1.165) is 17.8 Å². The van der Waals surface area contributed by atoms with Crippen LogP contribution >= 0.6 is 11.8 Å². The van der Waals surface area contributed by atoms with Crippen molar-refractivity contribution in [3.63, 3.8) is 0 Å². The maximum absolute atomic E-state index is 14.1. The predicted molar refractivity (Wildman–Crippen MR) is 111 cm³/mol. The molecule has 0 unspecified atom stereocenters. The van der Waals surface area contributed by atoms with Crippen molar-refractivity contribution in [3.05, 3.63) is 82.2 Å². The Balaban J connectivity index is 2.00. The Morgan fingerprint density at radius 2 is 1.80 bits per heavy atom. The molecule has 0 spiro atoms. The number of non-ortho nitro benzene ring substituents is 1. The van der Waals surface area contributed by atoms with Crippen molar-refractivity contribution in [1.82, 2.24) is 0 Å². The average molecular weight is 428 g/mol. The van der Waals surface area contributed by atoms with Crippen LogP contribution in [0.15, 0.2) is 70.5 Å². The number of benzene rings is 3. The van der Waals surface area contributed by atoms with Gasteiger partial charge in [0.1, 0.15) is 17.3 Å². The molecule has 9 heteroatoms. The fourth-order valence-electron chi connectivity index (χ4n) is 2.65. The predicted octanol–water partition coefficient (Wildman–Crippen LogP) is 5.15. The maximum Gasteiger partial charge on any atom is 0.270 e. The lowest BCUT2D eigenvalue weighted by atomic mass is 10.1. The summed E-state index contributed by atoms with van der Waals surface area (Å²) in [5, 5.41) is 13.9. The molecule has 0 saturated carbocycles. The van der Waals surface area contributed by atoms with E-state index in [1.54, 1.807) is 36.4 Å². The topological polar surface area (TPSA) is 90.7 Å². The standard InChI is InChI=1S/C21H17FN2O5S/c1-28-14-8-9-18(29-2)17(12-14)23-21(25)15-11-13(24(26)27)7-10-19(15)30-20-6-4-3-5-16(20)22/h3-12H,1-2H3,(H,23,25). The van der Waals surface area contributed by atoms with Crippen LogP contribution in [0.2, 0.25) is 0 Å². The Hall–Kier alpha value is -3.59. The van der Waals surface area contributed by atoms with E-state index in [2.05, 4.69) is 5.32 Å². The second kappa shape index (κ2) is 9.27. The molecule has 0 radical (unpaired) electrons. The maximum atomic E-state index is 14.1. The van der Waals surface area contributed by atoms with E-state index < -0.39 is 16.6 Å². The first kappa shape index (κ1) is 21.1. The van der Waals surface area contributed by atoms with E-state index in [9.17, 15) is 19.3 Å². The second-order valence-corrected chi connectivity index (χ2v) is 7.07. The number of carbonyl (C=O) groups is 1. The summed E-state index contributed by atoms with van der Waals surface area (Å²) in [4.78, 5) is 24.3. The number of hydrogen-bond donors (Lipinski definition) is 1. The number of amides is 1. The molecule has 0 bridgehead atoms. The minimum absolute atomic E-state index is 0.0299. The van der Waals surface area contributed by atoms with Crippen molar-refractivity contribution in [1.29, 1.82) is 0 Å². The molecular weight excluding hydrogens is 411 g/mol. The van der Waals surface area contributed by atoms with Crippen LogP contribution < -0.4 is 14.8 Å². The Bertz CT molecular complexity index is 1110. The van der Waals surface area contributed by atoms with Crippen LogP contribution in [0.25, 0.3) is 0 Å². The minimum atomic E-state index is -0.607. The highest BCUT2D eigenvalue weighted by Gasteiger charge is 2.20. The second-order valence-electron chi connectivity index (χ2n) is 5.99. The fraction of sp³-hybridized carbons (Fsp3) is 0.0952.